The van der Waals surface area contributed by atoms with Gasteiger partial charge in [-0.1, -0.05) is 12.1 Å². The smallest absolute Gasteiger partial charge is 0.291 e. The summed E-state index contributed by atoms with van der Waals surface area (Å²) in [5, 5.41) is 6.42. The van der Waals surface area contributed by atoms with Crippen molar-refractivity contribution in [2.24, 2.45) is 0 Å². The highest BCUT2D eigenvalue weighted by Gasteiger charge is 2.35. The summed E-state index contributed by atoms with van der Waals surface area (Å²) in [6.45, 7) is 1.82. The third-order valence-corrected chi connectivity index (χ3v) is 6.55. The van der Waals surface area contributed by atoms with Gasteiger partial charge >= 0.3 is 0 Å². The Balaban J connectivity index is 1.42. The van der Waals surface area contributed by atoms with E-state index >= 15 is 0 Å². The summed E-state index contributed by atoms with van der Waals surface area (Å²) < 4.78 is 15.9. The summed E-state index contributed by atoms with van der Waals surface area (Å²) in [7, 11) is 1.64. The Morgan fingerprint density at radius 3 is 2.52 bits per heavy atom. The lowest BCUT2D eigenvalue weighted by molar-refractivity contribution is 0.0487. The molecule has 162 valence electrons. The molecule has 0 bridgehead atoms. The minimum atomic E-state index is -0.348. The molecule has 2 aromatic heterocycles. The summed E-state index contributed by atoms with van der Waals surface area (Å²) in [4.78, 5) is 25.5. The first-order valence-electron chi connectivity index (χ1n) is 10.0. The van der Waals surface area contributed by atoms with E-state index in [0.717, 1.165) is 24.2 Å². The zero-order chi connectivity index (χ0) is 21.7. The number of carbonyl (C=O) groups excluding carboxylic acids is 2. The Hall–Kier alpha value is -3.10. The first-order valence-corrected chi connectivity index (χ1v) is 10.9. The summed E-state index contributed by atoms with van der Waals surface area (Å²) in [5.74, 6) is 0.514. The summed E-state index contributed by atoms with van der Waals surface area (Å²) in [5.41, 5.74) is 0.975. The molecule has 3 aromatic rings. The highest BCUT2D eigenvalue weighted by molar-refractivity contribution is 7.18. The van der Waals surface area contributed by atoms with Crippen LogP contribution in [0.3, 0.4) is 0 Å². The minimum Gasteiger partial charge on any atom is -0.497 e. The van der Waals surface area contributed by atoms with Gasteiger partial charge in [-0.05, 0) is 54.8 Å². The molecule has 1 fully saturated rings. The molecule has 1 aliphatic heterocycles. The minimum absolute atomic E-state index is 0.164. The molecule has 8 heteroatoms. The Morgan fingerprint density at radius 2 is 1.84 bits per heavy atom. The van der Waals surface area contributed by atoms with Crippen LogP contribution in [0.4, 0.5) is 5.00 Å². The largest absolute Gasteiger partial charge is 0.497 e. The van der Waals surface area contributed by atoms with Gasteiger partial charge in [-0.3, -0.25) is 9.59 Å². The van der Waals surface area contributed by atoms with E-state index in [0.29, 0.717) is 29.6 Å². The average Bonchev–Trinajstić information content (AvgIpc) is 3.51. The second-order valence-corrected chi connectivity index (χ2v) is 8.48. The van der Waals surface area contributed by atoms with E-state index in [1.165, 1.54) is 17.6 Å². The Labute approximate surface area is 184 Å². The molecule has 7 nitrogen and oxygen atoms in total. The van der Waals surface area contributed by atoms with Crippen molar-refractivity contribution in [1.82, 2.24) is 5.32 Å². The first-order chi connectivity index (χ1) is 15.1. The fourth-order valence-electron chi connectivity index (χ4n) is 3.72. The molecular formula is C23H24N2O5S. The van der Waals surface area contributed by atoms with Crippen molar-refractivity contribution in [1.29, 1.82) is 0 Å². The van der Waals surface area contributed by atoms with Crippen LogP contribution in [-0.2, 0) is 10.2 Å². The first kappa shape index (κ1) is 21.1. The predicted molar refractivity (Wildman–Crippen MR) is 118 cm³/mol. The molecular weight excluding hydrogens is 416 g/mol. The monoisotopic (exact) mass is 440 g/mol. The number of amides is 2. The van der Waals surface area contributed by atoms with E-state index in [1.807, 2.05) is 12.1 Å². The fourth-order valence-corrected chi connectivity index (χ4v) is 4.54. The molecule has 1 aliphatic rings. The van der Waals surface area contributed by atoms with Gasteiger partial charge in [0.05, 0.1) is 23.3 Å². The zero-order valence-electron chi connectivity index (χ0n) is 17.2. The van der Waals surface area contributed by atoms with Crippen molar-refractivity contribution in [2.75, 3.05) is 32.2 Å². The highest BCUT2D eigenvalue weighted by Crippen LogP contribution is 2.35. The van der Waals surface area contributed by atoms with E-state index in [1.54, 1.807) is 31.4 Å². The fraction of sp³-hybridized carbons (Fsp3) is 0.304. The van der Waals surface area contributed by atoms with Crippen LogP contribution in [0, 0.1) is 0 Å². The van der Waals surface area contributed by atoms with Crippen molar-refractivity contribution in [2.45, 2.75) is 18.3 Å². The van der Waals surface area contributed by atoms with E-state index in [9.17, 15) is 9.59 Å². The molecule has 0 saturated carbocycles. The molecule has 0 spiro atoms. The number of hydrogen-bond acceptors (Lipinski definition) is 6. The molecule has 0 atom stereocenters. The zero-order valence-corrected chi connectivity index (χ0v) is 18.0. The van der Waals surface area contributed by atoms with Crippen molar-refractivity contribution in [3.63, 3.8) is 0 Å². The summed E-state index contributed by atoms with van der Waals surface area (Å²) in [6, 6.07) is 14.7. The molecule has 1 aromatic carbocycles. The number of furan rings is 1. The van der Waals surface area contributed by atoms with Crippen LogP contribution < -0.4 is 15.4 Å². The van der Waals surface area contributed by atoms with Gasteiger partial charge in [0.1, 0.15) is 5.75 Å². The lowest BCUT2D eigenvalue weighted by Gasteiger charge is -2.38. The van der Waals surface area contributed by atoms with Crippen LogP contribution in [0.25, 0.3) is 0 Å². The Morgan fingerprint density at radius 1 is 1.06 bits per heavy atom. The second kappa shape index (κ2) is 9.36. The van der Waals surface area contributed by atoms with Crippen molar-refractivity contribution in [3.8, 4) is 5.75 Å². The number of carbonyl (C=O) groups is 2. The second-order valence-electron chi connectivity index (χ2n) is 7.40. The van der Waals surface area contributed by atoms with E-state index in [2.05, 4.69) is 22.8 Å². The third kappa shape index (κ3) is 4.81. The van der Waals surface area contributed by atoms with Crippen LogP contribution in [-0.4, -0.2) is 38.7 Å². The van der Waals surface area contributed by atoms with Crippen molar-refractivity contribution < 1.29 is 23.5 Å². The molecule has 31 heavy (non-hydrogen) atoms. The van der Waals surface area contributed by atoms with Crippen LogP contribution in [0.5, 0.6) is 5.75 Å². The molecule has 0 radical (unpaired) electrons. The number of ether oxygens (including phenoxy) is 2. The van der Waals surface area contributed by atoms with E-state index in [4.69, 9.17) is 13.9 Å². The number of rotatable bonds is 7. The molecule has 1 saturated heterocycles. The molecule has 0 aliphatic carbocycles. The van der Waals surface area contributed by atoms with Crippen molar-refractivity contribution in [3.05, 3.63) is 71.0 Å². The van der Waals surface area contributed by atoms with Gasteiger partial charge in [0, 0.05) is 25.2 Å². The normalized spacial score (nSPS) is 15.3. The van der Waals surface area contributed by atoms with E-state index in [-0.39, 0.29) is 23.0 Å². The maximum absolute atomic E-state index is 12.8. The van der Waals surface area contributed by atoms with Gasteiger partial charge in [0.25, 0.3) is 11.8 Å². The van der Waals surface area contributed by atoms with Crippen LogP contribution >= 0.6 is 11.3 Å². The lowest BCUT2D eigenvalue weighted by Crippen LogP contribution is -2.44. The number of methoxy groups -OCH3 is 1. The highest BCUT2D eigenvalue weighted by atomic mass is 32.1. The van der Waals surface area contributed by atoms with Gasteiger partial charge in [0.2, 0.25) is 0 Å². The molecule has 4 rings (SSSR count). The topological polar surface area (TPSA) is 89.8 Å². The van der Waals surface area contributed by atoms with Gasteiger partial charge in [0.15, 0.2) is 5.76 Å². The van der Waals surface area contributed by atoms with E-state index < -0.39 is 0 Å². The Kier molecular flexibility index (Phi) is 6.39. The van der Waals surface area contributed by atoms with Gasteiger partial charge < -0.3 is 24.5 Å². The van der Waals surface area contributed by atoms with Gasteiger partial charge in [-0.15, -0.1) is 11.3 Å². The Bertz CT molecular complexity index is 1020. The number of benzene rings is 1. The third-order valence-electron chi connectivity index (χ3n) is 5.55. The predicted octanol–water partition coefficient (Wildman–Crippen LogP) is 4.08. The maximum atomic E-state index is 12.8. The van der Waals surface area contributed by atoms with Crippen molar-refractivity contribution >= 4 is 28.2 Å². The maximum Gasteiger partial charge on any atom is 0.291 e. The summed E-state index contributed by atoms with van der Waals surface area (Å²) in [6.07, 6.45) is 3.10. The molecule has 0 unspecified atom stereocenters. The van der Waals surface area contributed by atoms with Gasteiger partial charge in [-0.25, -0.2) is 0 Å². The quantitative estimate of drug-likeness (QED) is 0.578. The van der Waals surface area contributed by atoms with Gasteiger partial charge in [-0.2, -0.15) is 0 Å². The number of hydrogen-bond donors (Lipinski definition) is 2. The molecule has 3 heterocycles. The molecule has 2 N–H and O–H groups in total. The summed E-state index contributed by atoms with van der Waals surface area (Å²) >= 11 is 1.23. The SMILES string of the molecule is COc1ccc(C2(CNC(=O)c3ccc(NC(=O)c4ccco4)s3)CCOCC2)cc1. The van der Waals surface area contributed by atoms with Crippen LogP contribution in [0.15, 0.2) is 59.2 Å². The number of anilines is 1. The standard InChI is InChI=1S/C23H24N2O5S/c1-28-17-6-4-16(5-7-17)23(10-13-29-14-11-23)15-24-22(27)19-8-9-20(31-19)25-21(26)18-3-2-12-30-18/h2-9,12H,10-11,13-15H2,1H3,(H,24,27)(H,25,26). The van der Waals surface area contributed by atoms with Crippen LogP contribution in [0.2, 0.25) is 0 Å². The number of nitrogens with one attached hydrogen (secondary N) is 2. The lowest BCUT2D eigenvalue weighted by atomic mass is 9.74. The molecule has 2 amide bonds. The van der Waals surface area contributed by atoms with Crippen LogP contribution in [0.1, 0.15) is 38.6 Å². The number of thiophene rings is 1. The average molecular weight is 441 g/mol.